The number of aromatic nitrogens is 1. The zero-order valence-electron chi connectivity index (χ0n) is 35.1. The number of hydrogen-bond donors (Lipinski definition) is 9. The Kier molecular flexibility index (Phi) is 15.0. The maximum atomic E-state index is 14.4. The number of nitrogens with zero attached hydrogens (tertiary/aromatic N) is 3. The number of H-pyrrole nitrogens is 1. The summed E-state index contributed by atoms with van der Waals surface area (Å²) in [6.07, 6.45) is 2.76. The average Bonchev–Trinajstić information content (AvgIpc) is 4.04. The molecule has 336 valence electrons. The van der Waals surface area contributed by atoms with Crippen LogP contribution in [-0.4, -0.2) is 130 Å². The van der Waals surface area contributed by atoms with Gasteiger partial charge in [0.2, 0.25) is 47.3 Å². The first-order valence-electron chi connectivity index (χ1n) is 21.3. The summed E-state index contributed by atoms with van der Waals surface area (Å²) >= 11 is 0. The first kappa shape index (κ1) is 45.5. The van der Waals surface area contributed by atoms with Crippen LogP contribution in [0.5, 0.6) is 0 Å². The highest BCUT2D eigenvalue weighted by Gasteiger charge is 2.44. The van der Waals surface area contributed by atoms with E-state index in [4.69, 9.17) is 17.2 Å². The molecule has 63 heavy (non-hydrogen) atoms. The van der Waals surface area contributed by atoms with Gasteiger partial charge in [0.05, 0.1) is 6.42 Å². The Morgan fingerprint density at radius 1 is 0.667 bits per heavy atom. The van der Waals surface area contributed by atoms with Crippen molar-refractivity contribution in [2.24, 2.45) is 22.2 Å². The number of para-hydroxylation sites is 1. The van der Waals surface area contributed by atoms with Gasteiger partial charge in [-0.2, -0.15) is 0 Å². The molecule has 3 fully saturated rings. The number of fused-ring (bicyclic) bond motifs is 3. The molecule has 4 heterocycles. The number of hydrogen-bond acceptors (Lipinski definition) is 9. The maximum Gasteiger partial charge on any atom is 0.246 e. The summed E-state index contributed by atoms with van der Waals surface area (Å²) in [7, 11) is 0. The fourth-order valence-corrected chi connectivity index (χ4v) is 8.46. The Morgan fingerprint density at radius 3 is 1.94 bits per heavy atom. The van der Waals surface area contributed by atoms with Gasteiger partial charge >= 0.3 is 0 Å². The van der Waals surface area contributed by atoms with Crippen molar-refractivity contribution in [3.05, 3.63) is 71.9 Å². The van der Waals surface area contributed by atoms with Crippen LogP contribution >= 0.6 is 0 Å². The molecular weight excluding hydrogens is 813 g/mol. The molecule has 20 heteroatoms. The van der Waals surface area contributed by atoms with Crippen molar-refractivity contribution in [3.63, 3.8) is 0 Å². The topological polar surface area (TPSA) is 309 Å². The third-order valence-corrected chi connectivity index (χ3v) is 11.7. The molecule has 0 unspecified atom stereocenters. The van der Waals surface area contributed by atoms with Crippen LogP contribution in [0.4, 0.5) is 0 Å². The minimum absolute atomic E-state index is 0.0107. The van der Waals surface area contributed by atoms with Crippen molar-refractivity contribution < 1.29 is 38.4 Å². The summed E-state index contributed by atoms with van der Waals surface area (Å²) < 4.78 is 0. The van der Waals surface area contributed by atoms with Gasteiger partial charge in [-0.3, -0.25) is 43.3 Å². The Labute approximate surface area is 363 Å². The lowest BCUT2D eigenvalue weighted by Gasteiger charge is -2.33. The van der Waals surface area contributed by atoms with E-state index in [0.29, 0.717) is 36.8 Å². The molecule has 3 saturated heterocycles. The van der Waals surface area contributed by atoms with E-state index in [1.165, 1.54) is 16.7 Å². The number of carbonyl (C=O) groups excluding carboxylic acids is 8. The van der Waals surface area contributed by atoms with Crippen LogP contribution in [0, 0.1) is 0 Å². The minimum Gasteiger partial charge on any atom is -0.370 e. The van der Waals surface area contributed by atoms with Crippen LogP contribution in [0.15, 0.2) is 65.8 Å². The van der Waals surface area contributed by atoms with Gasteiger partial charge in [-0.05, 0) is 62.6 Å². The Morgan fingerprint density at radius 2 is 1.24 bits per heavy atom. The van der Waals surface area contributed by atoms with Crippen LogP contribution in [0.3, 0.4) is 0 Å². The standard InChI is InChI=1S/C43H56N12O8/c1-24-41(62)55-19-9-16-34(55)42(63)54-18-8-15-33(54)40(61)53-30(20-25-10-3-2-4-11-25)38(59)50-29(14-7-17-47-43(45)46)36(57)51-31(21-26-23-48-28-13-6-5-12-27(26)28)39(60)52-32(22-35(44)56)37(58)49-24/h2-6,10-13,23-24,29-34,48H,7-9,14-22H2,1H3,(H2,44,56)(H,49,58)(H,50,59)(H,51,57)(H,52,60)(H,53,61)(H4,45,46,47)/t24-,29-,30+,31-,32-,33-,34+/m0/s1. The second kappa shape index (κ2) is 20.7. The lowest BCUT2D eigenvalue weighted by atomic mass is 10.0. The van der Waals surface area contributed by atoms with Gasteiger partial charge in [-0.25, -0.2) is 0 Å². The van der Waals surface area contributed by atoms with Crippen LogP contribution in [0.2, 0.25) is 0 Å². The third kappa shape index (κ3) is 11.5. The molecular formula is C43H56N12O8. The van der Waals surface area contributed by atoms with Crippen LogP contribution < -0.4 is 43.8 Å². The number of aliphatic imine (C=N–C) groups is 1. The molecule has 7 atom stereocenters. The number of rotatable bonds is 10. The molecule has 2 aromatic carbocycles. The van der Waals surface area contributed by atoms with Crippen molar-refractivity contribution in [2.45, 2.75) is 107 Å². The van der Waals surface area contributed by atoms with E-state index in [-0.39, 0.29) is 51.3 Å². The number of amides is 8. The summed E-state index contributed by atoms with van der Waals surface area (Å²) in [6, 6.07) is 7.66. The molecule has 12 N–H and O–H groups in total. The maximum absolute atomic E-state index is 14.4. The van der Waals surface area contributed by atoms with Crippen molar-refractivity contribution >= 4 is 64.1 Å². The van der Waals surface area contributed by atoms with Gasteiger partial charge < -0.3 is 58.6 Å². The van der Waals surface area contributed by atoms with Crippen LogP contribution in [0.1, 0.15) is 63.0 Å². The van der Waals surface area contributed by atoms with Crippen LogP contribution in [-0.2, 0) is 51.2 Å². The second-order valence-electron chi connectivity index (χ2n) is 16.2. The third-order valence-electron chi connectivity index (χ3n) is 11.7. The molecule has 0 aliphatic carbocycles. The van der Waals surface area contributed by atoms with Crippen molar-refractivity contribution in [2.75, 3.05) is 19.6 Å². The van der Waals surface area contributed by atoms with Crippen molar-refractivity contribution in [3.8, 4) is 0 Å². The Bertz CT molecular complexity index is 2230. The first-order chi connectivity index (χ1) is 30.2. The predicted molar refractivity (Wildman–Crippen MR) is 231 cm³/mol. The van der Waals surface area contributed by atoms with E-state index < -0.39 is 96.0 Å². The molecule has 0 radical (unpaired) electrons. The van der Waals surface area contributed by atoms with Gasteiger partial charge in [0.1, 0.15) is 42.3 Å². The number of aromatic amines is 1. The molecule has 20 nitrogen and oxygen atoms in total. The average molecular weight is 869 g/mol. The highest BCUT2D eigenvalue weighted by atomic mass is 16.2. The highest BCUT2D eigenvalue weighted by Crippen LogP contribution is 2.26. The van der Waals surface area contributed by atoms with Gasteiger partial charge in [0, 0.05) is 49.6 Å². The number of nitrogens with one attached hydrogen (secondary N) is 6. The lowest BCUT2D eigenvalue weighted by Crippen LogP contribution is -2.60. The predicted octanol–water partition coefficient (Wildman–Crippen LogP) is -1.68. The molecule has 6 rings (SSSR count). The molecule has 0 bridgehead atoms. The van der Waals surface area contributed by atoms with E-state index in [1.807, 2.05) is 18.2 Å². The summed E-state index contributed by atoms with van der Waals surface area (Å²) in [4.78, 5) is 122. The van der Waals surface area contributed by atoms with Gasteiger partial charge in [-0.15, -0.1) is 0 Å². The number of nitrogens with two attached hydrogens (primary N) is 3. The van der Waals surface area contributed by atoms with Gasteiger partial charge in [0.15, 0.2) is 5.96 Å². The molecule has 3 aliphatic heterocycles. The smallest absolute Gasteiger partial charge is 0.246 e. The fourth-order valence-electron chi connectivity index (χ4n) is 8.46. The molecule has 0 spiro atoms. The minimum atomic E-state index is -1.57. The molecule has 8 amide bonds. The normalized spacial score (nSPS) is 25.5. The van der Waals surface area contributed by atoms with E-state index >= 15 is 0 Å². The van der Waals surface area contributed by atoms with Crippen molar-refractivity contribution in [1.82, 2.24) is 41.4 Å². The van der Waals surface area contributed by atoms with E-state index in [2.05, 4.69) is 36.6 Å². The Balaban J connectivity index is 1.39. The lowest BCUT2D eigenvalue weighted by molar-refractivity contribution is -0.148. The zero-order valence-corrected chi connectivity index (χ0v) is 35.1. The molecule has 3 aromatic rings. The van der Waals surface area contributed by atoms with E-state index in [1.54, 1.807) is 42.6 Å². The van der Waals surface area contributed by atoms with Gasteiger partial charge in [0.25, 0.3) is 0 Å². The number of benzene rings is 2. The quantitative estimate of drug-likeness (QED) is 0.0634. The molecule has 0 saturated carbocycles. The molecule has 3 aliphatic rings. The summed E-state index contributed by atoms with van der Waals surface area (Å²) in [5.74, 6) is -5.98. The first-order valence-corrected chi connectivity index (χ1v) is 21.3. The van der Waals surface area contributed by atoms with Crippen LogP contribution in [0.25, 0.3) is 10.9 Å². The van der Waals surface area contributed by atoms with E-state index in [9.17, 15) is 38.4 Å². The summed E-state index contributed by atoms with van der Waals surface area (Å²) in [6.45, 7) is 1.97. The highest BCUT2D eigenvalue weighted by molar-refractivity contribution is 6.00. The molecule has 1 aromatic heterocycles. The summed E-state index contributed by atoms with van der Waals surface area (Å²) in [5.41, 5.74) is 18.7. The number of guanidine groups is 1. The Hall–Kier alpha value is -6.99. The van der Waals surface area contributed by atoms with E-state index in [0.717, 1.165) is 10.9 Å². The number of carbonyl (C=O) groups is 8. The monoisotopic (exact) mass is 868 g/mol. The number of primary amides is 1. The van der Waals surface area contributed by atoms with Gasteiger partial charge in [-0.1, -0.05) is 48.5 Å². The largest absolute Gasteiger partial charge is 0.370 e. The zero-order chi connectivity index (χ0) is 45.2. The van der Waals surface area contributed by atoms with Crippen molar-refractivity contribution in [1.29, 1.82) is 0 Å². The fraction of sp³-hybridized carbons (Fsp3) is 0.465. The SMILES string of the molecule is C[C@@H]1NC(=O)[C@H](CC(N)=O)NC(=O)[C@H](Cc2c[nH]c3ccccc23)NC(=O)[C@H](CCCN=C(N)N)NC(=O)[C@@H](Cc2ccccc2)NC(=O)[C@@H]2CCCN2C(=O)[C@H]2CCCN2C1=O. The second-order valence-corrected chi connectivity index (χ2v) is 16.2. The summed E-state index contributed by atoms with van der Waals surface area (Å²) in [5, 5.41) is 14.3.